The van der Waals surface area contributed by atoms with E-state index in [1.807, 2.05) is 0 Å². The van der Waals surface area contributed by atoms with Crippen LogP contribution in [0.25, 0.3) is 0 Å². The maximum absolute atomic E-state index is 14.0. The summed E-state index contributed by atoms with van der Waals surface area (Å²) < 4.78 is 14.0. The number of benzene rings is 3. The lowest BCUT2D eigenvalue weighted by molar-refractivity contribution is -0.385. The Morgan fingerprint density at radius 3 is 1.27 bits per heavy atom. The van der Waals surface area contributed by atoms with E-state index in [0.29, 0.717) is 15.9 Å². The van der Waals surface area contributed by atoms with Crippen molar-refractivity contribution in [2.24, 2.45) is 0 Å². The van der Waals surface area contributed by atoms with E-state index in [4.69, 9.17) is 0 Å². The van der Waals surface area contributed by atoms with Gasteiger partial charge in [0.2, 0.25) is 0 Å². The van der Waals surface area contributed by atoms with Gasteiger partial charge in [0.15, 0.2) is 7.14 Å². The van der Waals surface area contributed by atoms with Gasteiger partial charge in [-0.3, -0.25) is 20.2 Å². The van der Waals surface area contributed by atoms with Crippen LogP contribution in [0.5, 0.6) is 0 Å². The number of non-ortho nitro benzene ring substituents is 2. The molecule has 0 aliphatic carbocycles. The van der Waals surface area contributed by atoms with E-state index in [-0.39, 0.29) is 11.4 Å². The Bertz CT molecular complexity index is 941. The lowest BCUT2D eigenvalue weighted by Crippen LogP contribution is -2.25. The first kappa shape index (κ1) is 17.5. The second kappa shape index (κ2) is 6.90. The number of rotatable bonds is 5. The monoisotopic (exact) mass is 368 g/mol. The predicted octanol–water partition coefficient (Wildman–Crippen LogP) is 3.14. The van der Waals surface area contributed by atoms with Crippen LogP contribution >= 0.6 is 7.14 Å². The summed E-state index contributed by atoms with van der Waals surface area (Å²) in [5, 5.41) is 23.1. The predicted molar refractivity (Wildman–Crippen MR) is 99.1 cm³/mol. The van der Waals surface area contributed by atoms with Crippen molar-refractivity contribution in [1.82, 2.24) is 0 Å². The minimum absolute atomic E-state index is 0.0999. The van der Waals surface area contributed by atoms with Gasteiger partial charge >= 0.3 is 0 Å². The fraction of sp³-hybridized carbons (Fsp3) is 0. The quantitative estimate of drug-likeness (QED) is 0.391. The van der Waals surface area contributed by atoms with E-state index in [2.05, 4.69) is 0 Å². The lowest BCUT2D eigenvalue weighted by atomic mass is 10.3. The molecule has 0 atom stereocenters. The Labute approximate surface area is 148 Å². The molecular formula is C18H13N2O5P. The van der Waals surface area contributed by atoms with Gasteiger partial charge in [-0.2, -0.15) is 0 Å². The third-order valence-corrected chi connectivity index (χ3v) is 7.04. The lowest BCUT2D eigenvalue weighted by Gasteiger charge is -2.19. The van der Waals surface area contributed by atoms with Gasteiger partial charge in [0.05, 0.1) is 9.85 Å². The van der Waals surface area contributed by atoms with E-state index in [9.17, 15) is 24.8 Å². The maximum atomic E-state index is 14.0. The molecule has 0 aromatic heterocycles. The molecule has 7 nitrogen and oxygen atoms in total. The van der Waals surface area contributed by atoms with E-state index in [1.54, 1.807) is 30.3 Å². The van der Waals surface area contributed by atoms with Crippen LogP contribution in [0, 0.1) is 20.2 Å². The summed E-state index contributed by atoms with van der Waals surface area (Å²) in [6.45, 7) is 0. The standard InChI is InChI=1S/C18H13N2O5P/c21-19(22)14-6-10-17(11-7-14)26(25,16-4-2-1-3-5-16)18-12-8-15(9-13-18)20(23)24/h1-13H. The molecule has 0 amide bonds. The first-order chi connectivity index (χ1) is 12.4. The van der Waals surface area contributed by atoms with Crippen LogP contribution < -0.4 is 15.9 Å². The number of nitro benzene ring substituents is 2. The molecule has 26 heavy (non-hydrogen) atoms. The molecule has 3 rings (SSSR count). The van der Waals surface area contributed by atoms with Gasteiger partial charge in [-0.05, 0) is 24.3 Å². The first-order valence-electron chi connectivity index (χ1n) is 7.58. The van der Waals surface area contributed by atoms with Crippen molar-refractivity contribution in [1.29, 1.82) is 0 Å². The van der Waals surface area contributed by atoms with Crippen LogP contribution in [0.1, 0.15) is 0 Å². The first-order valence-corrected chi connectivity index (χ1v) is 9.29. The average molecular weight is 368 g/mol. The molecule has 3 aromatic rings. The summed E-state index contributed by atoms with van der Waals surface area (Å²) in [5.41, 5.74) is -0.200. The molecule has 0 radical (unpaired) electrons. The molecule has 0 fully saturated rings. The van der Waals surface area contributed by atoms with Gasteiger partial charge in [-0.15, -0.1) is 0 Å². The van der Waals surface area contributed by atoms with Crippen molar-refractivity contribution < 1.29 is 14.4 Å². The SMILES string of the molecule is O=[N+]([O-])c1ccc(P(=O)(c2ccccc2)c2ccc([N+](=O)[O-])cc2)cc1. The number of nitrogens with zero attached hydrogens (tertiary/aromatic N) is 2. The van der Waals surface area contributed by atoms with Gasteiger partial charge in [-0.25, -0.2) is 0 Å². The van der Waals surface area contributed by atoms with Gasteiger partial charge in [0.1, 0.15) is 0 Å². The van der Waals surface area contributed by atoms with Gasteiger partial charge < -0.3 is 4.57 Å². The number of nitro groups is 2. The van der Waals surface area contributed by atoms with Crippen molar-refractivity contribution in [2.75, 3.05) is 0 Å². The molecule has 0 spiro atoms. The smallest absolute Gasteiger partial charge is 0.269 e. The van der Waals surface area contributed by atoms with Gasteiger partial charge in [0.25, 0.3) is 11.4 Å². The molecule has 0 N–H and O–H groups in total. The average Bonchev–Trinajstić information content (AvgIpc) is 2.68. The second-order valence-electron chi connectivity index (χ2n) is 5.49. The topological polar surface area (TPSA) is 103 Å². The summed E-state index contributed by atoms with van der Waals surface area (Å²) in [6, 6.07) is 19.8. The summed E-state index contributed by atoms with van der Waals surface area (Å²) in [5.74, 6) is 0. The summed E-state index contributed by atoms with van der Waals surface area (Å²) in [7, 11) is -3.32. The Morgan fingerprint density at radius 1 is 0.577 bits per heavy atom. The molecule has 0 saturated carbocycles. The van der Waals surface area contributed by atoms with Crippen LogP contribution in [0.2, 0.25) is 0 Å². The fourth-order valence-corrected chi connectivity index (χ4v) is 5.28. The number of hydrogen-bond acceptors (Lipinski definition) is 5. The zero-order valence-corrected chi connectivity index (χ0v) is 14.3. The Balaban J connectivity index is 2.18. The highest BCUT2D eigenvalue weighted by molar-refractivity contribution is 7.85. The molecule has 0 aliphatic rings. The van der Waals surface area contributed by atoms with Crippen molar-refractivity contribution in [3.05, 3.63) is 99.1 Å². The van der Waals surface area contributed by atoms with Gasteiger partial charge in [0, 0.05) is 40.2 Å². The molecule has 0 bridgehead atoms. The largest absolute Gasteiger partial charge is 0.309 e. The van der Waals surface area contributed by atoms with Crippen LogP contribution in [0.15, 0.2) is 78.9 Å². The Morgan fingerprint density at radius 2 is 0.923 bits per heavy atom. The van der Waals surface area contributed by atoms with Crippen LogP contribution in [0.3, 0.4) is 0 Å². The van der Waals surface area contributed by atoms with Crippen LogP contribution in [-0.2, 0) is 4.57 Å². The molecule has 0 unspecified atom stereocenters. The number of hydrogen-bond donors (Lipinski definition) is 0. The third kappa shape index (κ3) is 3.12. The normalized spacial score (nSPS) is 11.1. The minimum atomic E-state index is -3.32. The maximum Gasteiger partial charge on any atom is 0.269 e. The van der Waals surface area contributed by atoms with Crippen molar-refractivity contribution in [3.63, 3.8) is 0 Å². The highest BCUT2D eigenvalue weighted by Crippen LogP contribution is 2.42. The fourth-order valence-electron chi connectivity index (χ4n) is 2.65. The summed E-state index contributed by atoms with van der Waals surface area (Å²) >= 11 is 0. The Hall–Kier alpha value is -3.31. The highest BCUT2D eigenvalue weighted by atomic mass is 31.2. The van der Waals surface area contributed by atoms with Gasteiger partial charge in [-0.1, -0.05) is 30.3 Å². The molecule has 8 heteroatoms. The van der Waals surface area contributed by atoms with Crippen LogP contribution in [-0.4, -0.2) is 9.85 Å². The molecule has 0 heterocycles. The summed E-state index contributed by atoms with van der Waals surface area (Å²) in [4.78, 5) is 20.7. The second-order valence-corrected chi connectivity index (χ2v) is 8.26. The molecule has 0 saturated heterocycles. The minimum Gasteiger partial charge on any atom is -0.309 e. The van der Waals surface area contributed by atoms with E-state index < -0.39 is 17.0 Å². The zero-order chi connectivity index (χ0) is 18.7. The summed E-state index contributed by atoms with van der Waals surface area (Å²) in [6.07, 6.45) is 0. The van der Waals surface area contributed by atoms with Crippen molar-refractivity contribution >= 4 is 34.4 Å². The van der Waals surface area contributed by atoms with E-state index in [0.717, 1.165) is 0 Å². The van der Waals surface area contributed by atoms with Crippen molar-refractivity contribution in [3.8, 4) is 0 Å². The van der Waals surface area contributed by atoms with E-state index >= 15 is 0 Å². The zero-order valence-electron chi connectivity index (χ0n) is 13.4. The highest BCUT2D eigenvalue weighted by Gasteiger charge is 2.30. The molecular weight excluding hydrogens is 355 g/mol. The Kier molecular flexibility index (Phi) is 4.65. The van der Waals surface area contributed by atoms with E-state index in [1.165, 1.54) is 48.5 Å². The third-order valence-electron chi connectivity index (χ3n) is 3.97. The molecule has 3 aromatic carbocycles. The van der Waals surface area contributed by atoms with Crippen molar-refractivity contribution in [2.45, 2.75) is 0 Å². The molecule has 130 valence electrons. The molecule has 0 aliphatic heterocycles. The van der Waals surface area contributed by atoms with Crippen LogP contribution in [0.4, 0.5) is 11.4 Å².